The van der Waals surface area contributed by atoms with E-state index in [0.29, 0.717) is 0 Å². The minimum Gasteiger partial charge on any atom is -0.279 e. The highest BCUT2D eigenvalue weighted by molar-refractivity contribution is 6.04. The van der Waals surface area contributed by atoms with E-state index >= 15 is 0 Å². The van der Waals surface area contributed by atoms with Gasteiger partial charge in [-0.25, -0.2) is 0 Å². The summed E-state index contributed by atoms with van der Waals surface area (Å²) in [5, 5.41) is 7.07. The molecule has 0 aromatic heterocycles. The van der Waals surface area contributed by atoms with Crippen LogP contribution in [0.25, 0.3) is 22.4 Å². The summed E-state index contributed by atoms with van der Waals surface area (Å²) in [4.78, 5) is 0. The monoisotopic (exact) mass is 436 g/mol. The highest BCUT2D eigenvalue weighted by Crippen LogP contribution is 2.47. The summed E-state index contributed by atoms with van der Waals surface area (Å²) in [5.74, 6) is 0.140. The van der Waals surface area contributed by atoms with Crippen LogP contribution in [-0.4, -0.2) is 6.21 Å². The summed E-state index contributed by atoms with van der Waals surface area (Å²) in [6.45, 7) is 0. The molecule has 0 spiro atoms. The van der Waals surface area contributed by atoms with Gasteiger partial charge in [-0.15, -0.1) is 0 Å². The van der Waals surface area contributed by atoms with Crippen LogP contribution in [0.15, 0.2) is 126 Å². The molecule has 34 heavy (non-hydrogen) atoms. The Morgan fingerprint density at radius 2 is 1.32 bits per heavy atom. The van der Waals surface area contributed by atoms with E-state index in [1.54, 1.807) is 0 Å². The zero-order valence-corrected chi connectivity index (χ0v) is 18.7. The molecule has 2 nitrogen and oxygen atoms in total. The normalized spacial score (nSPS) is 14.8. The molecule has 1 atom stereocenters. The summed E-state index contributed by atoms with van der Waals surface area (Å²) in [7, 11) is 0. The third-order valence-electron chi connectivity index (χ3n) is 6.51. The smallest absolute Gasteiger partial charge is 0.0561 e. The zero-order valence-electron chi connectivity index (χ0n) is 18.7. The van der Waals surface area contributed by atoms with Crippen LogP contribution in [0.1, 0.15) is 33.7 Å². The van der Waals surface area contributed by atoms with Gasteiger partial charge in [0.2, 0.25) is 0 Å². The van der Waals surface area contributed by atoms with Crippen LogP contribution >= 0.6 is 0 Å². The van der Waals surface area contributed by atoms with Gasteiger partial charge in [0, 0.05) is 11.5 Å². The number of hydrazone groups is 1. The number of anilines is 1. The minimum atomic E-state index is 0.140. The standard InChI is InChI=1S/C32H24N2/c1-3-11-23(12-4-1)30-21-25-14-8-10-18-28(25)32(30)29-20-19-24-13-7-9-17-27(24)31(29)22-33-34-26-15-5-2-6-16-26/h1-22,32,34H. The molecule has 6 rings (SSSR count). The van der Waals surface area contributed by atoms with Gasteiger partial charge >= 0.3 is 0 Å². The topological polar surface area (TPSA) is 24.4 Å². The van der Waals surface area contributed by atoms with Crippen LogP contribution in [0, 0.1) is 0 Å². The van der Waals surface area contributed by atoms with Crippen molar-refractivity contribution in [3.05, 3.63) is 149 Å². The van der Waals surface area contributed by atoms with E-state index in [1.165, 1.54) is 38.6 Å². The van der Waals surface area contributed by atoms with Crippen molar-refractivity contribution in [1.29, 1.82) is 0 Å². The van der Waals surface area contributed by atoms with Crippen molar-refractivity contribution < 1.29 is 0 Å². The van der Waals surface area contributed by atoms with Crippen molar-refractivity contribution in [3.8, 4) is 0 Å². The fraction of sp³-hybridized carbons (Fsp3) is 0.0312. The van der Waals surface area contributed by atoms with Gasteiger partial charge in [0.05, 0.1) is 11.9 Å². The molecule has 1 aliphatic rings. The number of para-hydroxylation sites is 1. The van der Waals surface area contributed by atoms with Gasteiger partial charge in [-0.1, -0.05) is 109 Å². The summed E-state index contributed by atoms with van der Waals surface area (Å²) < 4.78 is 0. The number of rotatable bonds is 5. The molecule has 0 fully saturated rings. The summed E-state index contributed by atoms with van der Waals surface area (Å²) in [6, 6.07) is 42.5. The number of allylic oxidation sites excluding steroid dienone is 1. The lowest BCUT2D eigenvalue weighted by molar-refractivity contribution is 1.07. The Balaban J connectivity index is 1.52. The number of benzene rings is 5. The largest absolute Gasteiger partial charge is 0.279 e. The van der Waals surface area contributed by atoms with E-state index in [9.17, 15) is 0 Å². The van der Waals surface area contributed by atoms with E-state index in [2.05, 4.69) is 108 Å². The molecule has 5 aromatic rings. The van der Waals surface area contributed by atoms with E-state index in [-0.39, 0.29) is 5.92 Å². The molecule has 0 saturated carbocycles. The fourth-order valence-electron chi connectivity index (χ4n) is 4.93. The lowest BCUT2D eigenvalue weighted by Crippen LogP contribution is -2.06. The molecular formula is C32H24N2. The van der Waals surface area contributed by atoms with Crippen molar-refractivity contribution in [2.24, 2.45) is 5.10 Å². The van der Waals surface area contributed by atoms with Crippen molar-refractivity contribution >= 4 is 34.3 Å². The molecule has 1 aliphatic carbocycles. The second-order valence-corrected chi connectivity index (χ2v) is 8.55. The molecule has 0 radical (unpaired) electrons. The van der Waals surface area contributed by atoms with Crippen molar-refractivity contribution in [3.63, 3.8) is 0 Å². The van der Waals surface area contributed by atoms with Gasteiger partial charge in [0.1, 0.15) is 0 Å². The molecule has 2 heteroatoms. The van der Waals surface area contributed by atoms with Gasteiger partial charge in [-0.05, 0) is 56.8 Å². The second-order valence-electron chi connectivity index (χ2n) is 8.55. The first kappa shape index (κ1) is 20.2. The van der Waals surface area contributed by atoms with Crippen LogP contribution in [0.3, 0.4) is 0 Å². The number of nitrogens with zero attached hydrogens (tertiary/aromatic N) is 1. The highest BCUT2D eigenvalue weighted by Gasteiger charge is 2.29. The van der Waals surface area contributed by atoms with Crippen LogP contribution in [0.4, 0.5) is 5.69 Å². The first-order valence-electron chi connectivity index (χ1n) is 11.6. The van der Waals surface area contributed by atoms with E-state index in [1.807, 2.05) is 36.5 Å². The maximum atomic E-state index is 4.65. The Labute approximate surface area is 199 Å². The first-order chi connectivity index (χ1) is 16.9. The summed E-state index contributed by atoms with van der Waals surface area (Å²) >= 11 is 0. The van der Waals surface area contributed by atoms with Crippen LogP contribution < -0.4 is 5.43 Å². The van der Waals surface area contributed by atoms with Gasteiger partial charge in [0.25, 0.3) is 0 Å². The summed E-state index contributed by atoms with van der Waals surface area (Å²) in [6.07, 6.45) is 4.32. The van der Waals surface area contributed by atoms with Crippen LogP contribution in [-0.2, 0) is 0 Å². The second kappa shape index (κ2) is 8.84. The van der Waals surface area contributed by atoms with Gasteiger partial charge < -0.3 is 0 Å². The minimum absolute atomic E-state index is 0.140. The molecule has 0 saturated heterocycles. The lowest BCUT2D eigenvalue weighted by atomic mass is 9.82. The van der Waals surface area contributed by atoms with Crippen molar-refractivity contribution in [1.82, 2.24) is 0 Å². The lowest BCUT2D eigenvalue weighted by Gasteiger charge is -2.21. The molecule has 1 unspecified atom stereocenters. The predicted molar refractivity (Wildman–Crippen MR) is 144 cm³/mol. The molecule has 0 bridgehead atoms. The quantitative estimate of drug-likeness (QED) is 0.219. The Bertz CT molecular complexity index is 1520. The van der Waals surface area contributed by atoms with Gasteiger partial charge in [0.15, 0.2) is 0 Å². The highest BCUT2D eigenvalue weighted by atomic mass is 15.3. The SMILES string of the molecule is C(=NNc1ccccc1)c1c(C2C(c3ccccc3)=Cc3ccccc32)ccc2ccccc12. The molecule has 0 heterocycles. The Hall–Kier alpha value is -4.43. The van der Waals surface area contributed by atoms with E-state index < -0.39 is 0 Å². The number of hydrogen-bond donors (Lipinski definition) is 1. The third kappa shape index (κ3) is 3.70. The number of fused-ring (bicyclic) bond motifs is 2. The average molecular weight is 437 g/mol. The van der Waals surface area contributed by atoms with Crippen LogP contribution in [0.2, 0.25) is 0 Å². The average Bonchev–Trinajstić information content (AvgIpc) is 3.29. The Kier molecular flexibility index (Phi) is 5.25. The molecule has 0 amide bonds. The summed E-state index contributed by atoms with van der Waals surface area (Å²) in [5.41, 5.74) is 11.8. The van der Waals surface area contributed by atoms with Crippen LogP contribution in [0.5, 0.6) is 0 Å². The van der Waals surface area contributed by atoms with E-state index in [0.717, 1.165) is 11.3 Å². The predicted octanol–water partition coefficient (Wildman–Crippen LogP) is 7.97. The maximum Gasteiger partial charge on any atom is 0.0561 e. The number of hydrogen-bond acceptors (Lipinski definition) is 2. The molecular weight excluding hydrogens is 412 g/mol. The third-order valence-corrected chi connectivity index (χ3v) is 6.51. The van der Waals surface area contributed by atoms with Crippen molar-refractivity contribution in [2.45, 2.75) is 5.92 Å². The number of nitrogens with one attached hydrogen (secondary N) is 1. The Morgan fingerprint density at radius 3 is 2.18 bits per heavy atom. The fourth-order valence-corrected chi connectivity index (χ4v) is 4.93. The molecule has 5 aromatic carbocycles. The van der Waals surface area contributed by atoms with Gasteiger partial charge in [-0.2, -0.15) is 5.10 Å². The maximum absolute atomic E-state index is 4.65. The molecule has 0 aliphatic heterocycles. The molecule has 1 N–H and O–H groups in total. The van der Waals surface area contributed by atoms with Crippen molar-refractivity contribution in [2.75, 3.05) is 5.43 Å². The van der Waals surface area contributed by atoms with E-state index in [4.69, 9.17) is 0 Å². The first-order valence-corrected chi connectivity index (χ1v) is 11.6. The zero-order chi connectivity index (χ0) is 22.7. The van der Waals surface area contributed by atoms with Gasteiger partial charge in [-0.3, -0.25) is 5.43 Å². The Morgan fingerprint density at radius 1 is 0.618 bits per heavy atom. The molecule has 162 valence electrons.